The molecule has 0 rings (SSSR count). The maximum atomic E-state index is 11.1. The molecule has 0 atom stereocenters. The van der Waals surface area contributed by atoms with E-state index in [0.717, 1.165) is 5.06 Å². The molecule has 13 heavy (non-hydrogen) atoms. The summed E-state index contributed by atoms with van der Waals surface area (Å²) in [5.74, 6) is 0.00514. The maximum Gasteiger partial charge on any atom is 0.283 e. The average Bonchev–Trinajstić information content (AvgIpc) is 1.95. The summed E-state index contributed by atoms with van der Waals surface area (Å²) in [6, 6.07) is 0. The van der Waals surface area contributed by atoms with Gasteiger partial charge in [0.15, 0.2) is 0 Å². The molecular weight excluding hydrogens is 194 g/mol. The Balaban J connectivity index is 3.64. The van der Waals surface area contributed by atoms with Crippen molar-refractivity contribution in [2.24, 2.45) is 0 Å². The van der Waals surface area contributed by atoms with E-state index >= 15 is 0 Å². The van der Waals surface area contributed by atoms with Crippen LogP contribution in [-0.2, 0) is 14.4 Å². The predicted molar refractivity (Wildman–Crippen MR) is 49.5 cm³/mol. The first-order valence-corrected chi connectivity index (χ1v) is 5.76. The van der Waals surface area contributed by atoms with E-state index in [1.54, 1.807) is 0 Å². The van der Waals surface area contributed by atoms with Crippen LogP contribution in [0, 0.1) is 0 Å². The van der Waals surface area contributed by atoms with Crippen LogP contribution in [0.1, 0.15) is 19.3 Å². The Hall–Kier alpha value is -0.170. The quantitative estimate of drug-likeness (QED) is 0.473. The molecule has 0 bridgehead atoms. The molecule has 0 aliphatic carbocycles. The Morgan fingerprint density at radius 1 is 1.23 bits per heavy atom. The minimum Gasteiger partial charge on any atom is -0.396 e. The van der Waals surface area contributed by atoms with Crippen molar-refractivity contribution in [3.63, 3.8) is 0 Å². The van der Waals surface area contributed by atoms with Crippen LogP contribution in [0.25, 0.3) is 0 Å². The molecule has 0 amide bonds. The number of hydrogen-bond donors (Lipinski definition) is 1. The number of nitrogens with zero attached hydrogens (tertiary/aromatic N) is 1. The van der Waals surface area contributed by atoms with Crippen LogP contribution in [0.2, 0.25) is 0 Å². The number of hydrogen-bond acceptors (Lipinski definition) is 5. The molecule has 0 aliphatic heterocycles. The van der Waals surface area contributed by atoms with Gasteiger partial charge in [-0.1, -0.05) is 6.42 Å². The lowest BCUT2D eigenvalue weighted by molar-refractivity contribution is 0.00516. The number of aliphatic hydroxyl groups is 1. The van der Waals surface area contributed by atoms with E-state index in [-0.39, 0.29) is 12.4 Å². The van der Waals surface area contributed by atoms with Gasteiger partial charge in [-0.2, -0.15) is 17.8 Å². The van der Waals surface area contributed by atoms with Crippen molar-refractivity contribution in [1.82, 2.24) is 5.06 Å². The van der Waals surface area contributed by atoms with Crippen LogP contribution < -0.4 is 0 Å². The second kappa shape index (κ2) is 6.31. The average molecular weight is 211 g/mol. The summed E-state index contributed by atoms with van der Waals surface area (Å²) in [7, 11) is -0.379. The largest absolute Gasteiger partial charge is 0.396 e. The predicted octanol–water partition coefficient (Wildman–Crippen LogP) is -0.0280. The molecular formula is C7H17NO4S. The van der Waals surface area contributed by atoms with Gasteiger partial charge in [-0.25, -0.2) is 0 Å². The SMILES string of the molecule is CN(C)OS(=O)(=O)CCCCCO. The summed E-state index contributed by atoms with van der Waals surface area (Å²) in [6.45, 7) is 0.106. The lowest BCUT2D eigenvalue weighted by Crippen LogP contribution is -2.21. The number of unbranched alkanes of at least 4 members (excludes halogenated alkanes) is 2. The molecule has 0 unspecified atom stereocenters. The first kappa shape index (κ1) is 12.8. The molecule has 0 heterocycles. The monoisotopic (exact) mass is 211 g/mol. The van der Waals surface area contributed by atoms with E-state index in [2.05, 4.69) is 4.28 Å². The lowest BCUT2D eigenvalue weighted by atomic mass is 10.3. The van der Waals surface area contributed by atoms with Gasteiger partial charge < -0.3 is 5.11 Å². The standard InChI is InChI=1S/C7H17NO4S/c1-8(2)12-13(10,11)7-5-3-4-6-9/h9H,3-7H2,1-2H3. The third-order valence-corrected chi connectivity index (χ3v) is 2.63. The Bertz CT molecular complexity index is 213. The van der Waals surface area contributed by atoms with Crippen molar-refractivity contribution in [3.8, 4) is 0 Å². The smallest absolute Gasteiger partial charge is 0.283 e. The van der Waals surface area contributed by atoms with Crippen LogP contribution in [-0.4, -0.2) is 45.0 Å². The molecule has 0 aromatic carbocycles. The summed E-state index contributed by atoms with van der Waals surface area (Å²) >= 11 is 0. The van der Waals surface area contributed by atoms with Crippen LogP contribution in [0.5, 0.6) is 0 Å². The normalized spacial score (nSPS) is 12.3. The van der Waals surface area contributed by atoms with Gasteiger partial charge in [0.1, 0.15) is 0 Å². The third-order valence-electron chi connectivity index (χ3n) is 1.32. The molecule has 0 spiro atoms. The summed E-state index contributed by atoms with van der Waals surface area (Å²) in [5, 5.41) is 9.61. The van der Waals surface area contributed by atoms with Crippen molar-refractivity contribution in [1.29, 1.82) is 0 Å². The van der Waals surface area contributed by atoms with Gasteiger partial charge in [0.25, 0.3) is 10.1 Å². The second-order valence-corrected chi connectivity index (χ2v) is 4.61. The van der Waals surface area contributed by atoms with Crippen LogP contribution in [0.4, 0.5) is 0 Å². The molecule has 0 saturated heterocycles. The van der Waals surface area contributed by atoms with Crippen LogP contribution >= 0.6 is 0 Å². The zero-order valence-electron chi connectivity index (χ0n) is 8.06. The summed E-state index contributed by atoms with van der Waals surface area (Å²) in [6.07, 6.45) is 1.86. The minimum atomic E-state index is -3.42. The van der Waals surface area contributed by atoms with Crippen molar-refractivity contribution >= 4 is 10.1 Å². The van der Waals surface area contributed by atoms with Crippen molar-refractivity contribution in [2.45, 2.75) is 19.3 Å². The Labute approximate surface area is 79.4 Å². The highest BCUT2D eigenvalue weighted by atomic mass is 32.2. The lowest BCUT2D eigenvalue weighted by Gasteiger charge is -2.09. The third kappa shape index (κ3) is 8.17. The number of rotatable bonds is 7. The van der Waals surface area contributed by atoms with Crippen LogP contribution in [0.3, 0.4) is 0 Å². The van der Waals surface area contributed by atoms with Crippen LogP contribution in [0.15, 0.2) is 0 Å². The van der Waals surface area contributed by atoms with E-state index in [1.165, 1.54) is 14.1 Å². The second-order valence-electron chi connectivity index (χ2n) is 2.93. The highest BCUT2D eigenvalue weighted by molar-refractivity contribution is 7.86. The first-order chi connectivity index (χ1) is 5.98. The van der Waals surface area contributed by atoms with Gasteiger partial charge in [-0.05, 0) is 12.8 Å². The molecule has 1 N–H and O–H groups in total. The van der Waals surface area contributed by atoms with Gasteiger partial charge in [0.2, 0.25) is 0 Å². The van der Waals surface area contributed by atoms with Crippen molar-refractivity contribution < 1.29 is 17.8 Å². The molecule has 0 saturated carbocycles. The summed E-state index contributed by atoms with van der Waals surface area (Å²) in [5.41, 5.74) is 0. The zero-order chi connectivity index (χ0) is 10.3. The fourth-order valence-electron chi connectivity index (χ4n) is 0.832. The Kier molecular flexibility index (Phi) is 6.23. The van der Waals surface area contributed by atoms with E-state index in [0.29, 0.717) is 19.3 Å². The highest BCUT2D eigenvalue weighted by Crippen LogP contribution is 2.02. The minimum absolute atomic E-state index is 0.00514. The molecule has 5 nitrogen and oxygen atoms in total. The topological polar surface area (TPSA) is 66.8 Å². The highest BCUT2D eigenvalue weighted by Gasteiger charge is 2.11. The van der Waals surface area contributed by atoms with E-state index < -0.39 is 10.1 Å². The van der Waals surface area contributed by atoms with Crippen molar-refractivity contribution in [2.75, 3.05) is 26.5 Å². The molecule has 80 valence electrons. The van der Waals surface area contributed by atoms with E-state index in [1.807, 2.05) is 0 Å². The van der Waals surface area contributed by atoms with E-state index in [4.69, 9.17) is 5.11 Å². The Morgan fingerprint density at radius 3 is 2.31 bits per heavy atom. The molecule has 6 heteroatoms. The molecule has 0 aliphatic rings. The fraction of sp³-hybridized carbons (Fsp3) is 1.00. The first-order valence-electron chi connectivity index (χ1n) is 4.18. The van der Waals surface area contributed by atoms with Gasteiger partial charge >= 0.3 is 0 Å². The van der Waals surface area contributed by atoms with Crippen molar-refractivity contribution in [3.05, 3.63) is 0 Å². The Morgan fingerprint density at radius 2 is 1.85 bits per heavy atom. The summed E-state index contributed by atoms with van der Waals surface area (Å²) < 4.78 is 26.7. The van der Waals surface area contributed by atoms with Gasteiger partial charge in [-0.15, -0.1) is 0 Å². The molecule has 0 aromatic heterocycles. The van der Waals surface area contributed by atoms with Gasteiger partial charge in [0.05, 0.1) is 5.75 Å². The molecule has 0 radical (unpaired) electrons. The molecule has 0 aromatic rings. The molecule has 0 fully saturated rings. The zero-order valence-corrected chi connectivity index (χ0v) is 8.88. The maximum absolute atomic E-state index is 11.1. The van der Waals surface area contributed by atoms with Gasteiger partial charge in [0, 0.05) is 20.7 Å². The van der Waals surface area contributed by atoms with Gasteiger partial charge in [-0.3, -0.25) is 0 Å². The summed E-state index contributed by atoms with van der Waals surface area (Å²) in [4.78, 5) is 0. The number of hydroxylamine groups is 2. The fourth-order valence-corrected chi connectivity index (χ4v) is 1.92. The van der Waals surface area contributed by atoms with E-state index in [9.17, 15) is 8.42 Å². The number of aliphatic hydroxyl groups excluding tert-OH is 1.